The molecule has 0 aliphatic heterocycles. The fraction of sp³-hybridized carbons (Fsp3) is 0.217. The molecule has 0 saturated carbocycles. The molecule has 0 atom stereocenters. The van der Waals surface area contributed by atoms with Crippen molar-refractivity contribution in [3.8, 4) is 11.4 Å². The molecule has 0 saturated heterocycles. The van der Waals surface area contributed by atoms with E-state index < -0.39 is 0 Å². The number of methoxy groups -OCH3 is 1. The maximum absolute atomic E-state index is 5.31. The van der Waals surface area contributed by atoms with Gasteiger partial charge in [0, 0.05) is 16.5 Å². The Morgan fingerprint density at radius 3 is 2.12 bits per heavy atom. The molecule has 0 bridgehead atoms. The van der Waals surface area contributed by atoms with Crippen LogP contribution in [0.15, 0.2) is 66.7 Å². The highest BCUT2D eigenvalue weighted by Gasteiger charge is 2.17. The van der Waals surface area contributed by atoms with Crippen LogP contribution >= 0.6 is 0 Å². The van der Waals surface area contributed by atoms with Crippen LogP contribution in [0.4, 0.5) is 0 Å². The first kappa shape index (κ1) is 15.8. The van der Waals surface area contributed by atoms with Crippen LogP contribution in [0, 0.1) is 0 Å². The van der Waals surface area contributed by atoms with Crippen molar-refractivity contribution in [2.45, 2.75) is 26.2 Å². The quantitative estimate of drug-likeness (QED) is 0.434. The van der Waals surface area contributed by atoms with Gasteiger partial charge in [0.2, 0.25) is 0 Å². The summed E-state index contributed by atoms with van der Waals surface area (Å²) < 4.78 is 7.64. The first-order valence-corrected chi connectivity index (χ1v) is 8.67. The highest BCUT2D eigenvalue weighted by molar-refractivity contribution is 6.09. The van der Waals surface area contributed by atoms with E-state index in [1.54, 1.807) is 7.11 Å². The highest BCUT2D eigenvalue weighted by Crippen LogP contribution is 2.35. The third-order valence-corrected chi connectivity index (χ3v) is 4.87. The summed E-state index contributed by atoms with van der Waals surface area (Å²) in [6.07, 6.45) is 0. The molecule has 4 aromatic rings. The summed E-state index contributed by atoms with van der Waals surface area (Å²) in [4.78, 5) is 0. The molecule has 1 aromatic heterocycles. The second-order valence-electron chi connectivity index (χ2n) is 7.53. The van der Waals surface area contributed by atoms with Crippen molar-refractivity contribution in [2.75, 3.05) is 7.11 Å². The van der Waals surface area contributed by atoms with Crippen molar-refractivity contribution in [1.82, 2.24) is 4.57 Å². The summed E-state index contributed by atoms with van der Waals surface area (Å²) in [5, 5.41) is 2.60. The molecule has 0 N–H and O–H groups in total. The summed E-state index contributed by atoms with van der Waals surface area (Å²) in [6.45, 7) is 6.78. The second-order valence-corrected chi connectivity index (χ2v) is 7.53. The van der Waals surface area contributed by atoms with E-state index in [2.05, 4.69) is 79.9 Å². The number of hydrogen-bond donors (Lipinski definition) is 0. The summed E-state index contributed by atoms with van der Waals surface area (Å²) in [6, 6.07) is 23.7. The normalized spacial score (nSPS) is 12.0. The van der Waals surface area contributed by atoms with E-state index in [0.29, 0.717) is 0 Å². The minimum Gasteiger partial charge on any atom is -0.497 e. The van der Waals surface area contributed by atoms with Crippen LogP contribution in [0.3, 0.4) is 0 Å². The van der Waals surface area contributed by atoms with Crippen LogP contribution in [0.25, 0.3) is 27.5 Å². The molecule has 0 amide bonds. The van der Waals surface area contributed by atoms with Crippen LogP contribution in [0.2, 0.25) is 0 Å². The van der Waals surface area contributed by atoms with E-state index >= 15 is 0 Å². The van der Waals surface area contributed by atoms with E-state index in [1.807, 2.05) is 12.1 Å². The molecule has 2 heteroatoms. The molecule has 3 aromatic carbocycles. The Kier molecular flexibility index (Phi) is 3.57. The minimum atomic E-state index is 0.136. The fourth-order valence-electron chi connectivity index (χ4n) is 3.45. The van der Waals surface area contributed by atoms with Gasteiger partial charge >= 0.3 is 0 Å². The summed E-state index contributed by atoms with van der Waals surface area (Å²) in [5.74, 6) is 0.875. The van der Waals surface area contributed by atoms with E-state index in [-0.39, 0.29) is 5.41 Å². The molecule has 0 aliphatic rings. The maximum Gasteiger partial charge on any atom is 0.119 e. The predicted molar refractivity (Wildman–Crippen MR) is 106 cm³/mol. The average Bonchev–Trinajstić information content (AvgIpc) is 2.95. The number of benzene rings is 3. The van der Waals surface area contributed by atoms with Crippen LogP contribution in [-0.4, -0.2) is 11.7 Å². The Balaban J connectivity index is 2.05. The molecule has 0 radical (unpaired) electrons. The first-order chi connectivity index (χ1) is 12.0. The topological polar surface area (TPSA) is 14.2 Å². The molecule has 0 unspecified atom stereocenters. The Bertz CT molecular complexity index is 1050. The molecule has 2 nitrogen and oxygen atoms in total. The van der Waals surface area contributed by atoms with Crippen LogP contribution < -0.4 is 4.74 Å². The van der Waals surface area contributed by atoms with Gasteiger partial charge in [-0.1, -0.05) is 45.0 Å². The molecule has 1 heterocycles. The first-order valence-electron chi connectivity index (χ1n) is 8.67. The fourth-order valence-corrected chi connectivity index (χ4v) is 3.45. The number of fused-ring (bicyclic) bond motifs is 3. The predicted octanol–water partition coefficient (Wildman–Crippen LogP) is 6.09. The average molecular weight is 329 g/mol. The third kappa shape index (κ3) is 2.58. The zero-order chi connectivity index (χ0) is 17.6. The van der Waals surface area contributed by atoms with Gasteiger partial charge < -0.3 is 9.30 Å². The largest absolute Gasteiger partial charge is 0.497 e. The number of ether oxygens (including phenoxy) is 1. The zero-order valence-corrected chi connectivity index (χ0v) is 15.2. The van der Waals surface area contributed by atoms with Gasteiger partial charge in [0.05, 0.1) is 18.1 Å². The molecule has 25 heavy (non-hydrogen) atoms. The van der Waals surface area contributed by atoms with Crippen molar-refractivity contribution in [1.29, 1.82) is 0 Å². The van der Waals surface area contributed by atoms with Gasteiger partial charge in [-0.15, -0.1) is 0 Å². The monoisotopic (exact) mass is 329 g/mol. The van der Waals surface area contributed by atoms with Crippen LogP contribution in [0.5, 0.6) is 5.75 Å². The SMILES string of the molecule is COc1ccc(-n2c3ccccc3c3cc(C(C)(C)C)ccc32)cc1. The van der Waals surface area contributed by atoms with E-state index in [4.69, 9.17) is 4.74 Å². The Labute approximate surface area is 148 Å². The van der Waals surface area contributed by atoms with Gasteiger partial charge in [0.25, 0.3) is 0 Å². The van der Waals surface area contributed by atoms with Gasteiger partial charge in [-0.2, -0.15) is 0 Å². The standard InChI is InChI=1S/C23H23NO/c1-23(2,3)16-9-14-22-20(15-16)19-7-5-6-8-21(19)24(22)17-10-12-18(25-4)13-11-17/h5-15H,1-4H3. The Morgan fingerprint density at radius 1 is 0.760 bits per heavy atom. The van der Waals surface area contributed by atoms with Gasteiger partial charge in [-0.25, -0.2) is 0 Å². The maximum atomic E-state index is 5.31. The smallest absolute Gasteiger partial charge is 0.119 e. The summed E-state index contributed by atoms with van der Waals surface area (Å²) in [7, 11) is 1.70. The Morgan fingerprint density at radius 2 is 1.44 bits per heavy atom. The minimum absolute atomic E-state index is 0.136. The summed E-state index contributed by atoms with van der Waals surface area (Å²) in [5.41, 5.74) is 5.11. The van der Waals surface area contributed by atoms with Crippen LogP contribution in [-0.2, 0) is 5.41 Å². The highest BCUT2D eigenvalue weighted by atomic mass is 16.5. The number of aromatic nitrogens is 1. The molecule has 0 fully saturated rings. The van der Waals surface area contributed by atoms with Crippen LogP contribution in [0.1, 0.15) is 26.3 Å². The molecule has 0 spiro atoms. The molecular formula is C23H23NO. The lowest BCUT2D eigenvalue weighted by Gasteiger charge is -2.19. The number of para-hydroxylation sites is 1. The molecule has 4 rings (SSSR count). The Hall–Kier alpha value is -2.74. The lowest BCUT2D eigenvalue weighted by Crippen LogP contribution is -2.10. The van der Waals surface area contributed by atoms with Gasteiger partial charge in [-0.05, 0) is 53.4 Å². The van der Waals surface area contributed by atoms with Crippen molar-refractivity contribution < 1.29 is 4.74 Å². The van der Waals surface area contributed by atoms with E-state index in [0.717, 1.165) is 11.4 Å². The lowest BCUT2D eigenvalue weighted by molar-refractivity contribution is 0.415. The van der Waals surface area contributed by atoms with E-state index in [9.17, 15) is 0 Å². The van der Waals surface area contributed by atoms with E-state index in [1.165, 1.54) is 27.4 Å². The number of rotatable bonds is 2. The van der Waals surface area contributed by atoms with Crippen molar-refractivity contribution in [3.05, 3.63) is 72.3 Å². The lowest BCUT2D eigenvalue weighted by atomic mass is 9.86. The number of hydrogen-bond acceptors (Lipinski definition) is 1. The van der Waals surface area contributed by atoms with Crippen molar-refractivity contribution >= 4 is 21.8 Å². The van der Waals surface area contributed by atoms with Crippen molar-refractivity contribution in [2.24, 2.45) is 0 Å². The second kappa shape index (κ2) is 5.66. The van der Waals surface area contributed by atoms with Gasteiger partial charge in [-0.3, -0.25) is 0 Å². The molecule has 0 aliphatic carbocycles. The summed E-state index contributed by atoms with van der Waals surface area (Å²) >= 11 is 0. The van der Waals surface area contributed by atoms with Crippen molar-refractivity contribution in [3.63, 3.8) is 0 Å². The van der Waals surface area contributed by atoms with Gasteiger partial charge in [0.1, 0.15) is 5.75 Å². The zero-order valence-electron chi connectivity index (χ0n) is 15.2. The third-order valence-electron chi connectivity index (χ3n) is 4.87. The molecular weight excluding hydrogens is 306 g/mol. The molecule has 126 valence electrons. The van der Waals surface area contributed by atoms with Gasteiger partial charge in [0.15, 0.2) is 0 Å². The number of nitrogens with zero attached hydrogens (tertiary/aromatic N) is 1.